The van der Waals surface area contributed by atoms with Crippen LogP contribution in [0.25, 0.3) is 17.1 Å². The summed E-state index contributed by atoms with van der Waals surface area (Å²) in [5.41, 5.74) is 1.73. The number of aromatic nitrogens is 4. The van der Waals surface area contributed by atoms with Gasteiger partial charge < -0.3 is 4.74 Å². The minimum atomic E-state index is 0.503. The molecule has 0 aliphatic rings. The van der Waals surface area contributed by atoms with E-state index in [9.17, 15) is 0 Å². The Hall–Kier alpha value is -1.99. The van der Waals surface area contributed by atoms with Crippen molar-refractivity contribution in [2.45, 2.75) is 0 Å². The van der Waals surface area contributed by atoms with E-state index in [1.807, 2.05) is 34.9 Å². The summed E-state index contributed by atoms with van der Waals surface area (Å²) in [4.78, 5) is 4.12. The first-order valence-electron chi connectivity index (χ1n) is 6.12. The van der Waals surface area contributed by atoms with Crippen LogP contribution >= 0.6 is 28.1 Å². The third-order valence-corrected chi connectivity index (χ3v) is 3.93. The van der Waals surface area contributed by atoms with Gasteiger partial charge >= 0.3 is 0 Å². The van der Waals surface area contributed by atoms with Crippen LogP contribution in [-0.4, -0.2) is 26.9 Å². The predicted octanol–water partition coefficient (Wildman–Crippen LogP) is 3.76. The first-order valence-corrected chi connectivity index (χ1v) is 7.32. The molecule has 0 atom stereocenters. The Morgan fingerprint density at radius 1 is 1.33 bits per heavy atom. The fraction of sp³-hybridized carbons (Fsp3) is 0.0714. The van der Waals surface area contributed by atoms with Gasteiger partial charge in [0.1, 0.15) is 5.75 Å². The van der Waals surface area contributed by atoms with Gasteiger partial charge in [0.05, 0.1) is 12.8 Å². The monoisotopic (exact) mass is 362 g/mol. The normalized spacial score (nSPS) is 10.6. The van der Waals surface area contributed by atoms with Crippen LogP contribution in [0.1, 0.15) is 0 Å². The van der Waals surface area contributed by atoms with Crippen LogP contribution in [0.3, 0.4) is 0 Å². The van der Waals surface area contributed by atoms with Crippen molar-refractivity contribution in [3.63, 3.8) is 0 Å². The molecule has 0 saturated heterocycles. The molecule has 2 aromatic heterocycles. The van der Waals surface area contributed by atoms with E-state index >= 15 is 0 Å². The van der Waals surface area contributed by atoms with Crippen LogP contribution < -0.4 is 4.74 Å². The summed E-state index contributed by atoms with van der Waals surface area (Å²) in [6.45, 7) is 0. The molecule has 7 heteroatoms. The topological polar surface area (TPSA) is 55.7 Å². The number of aromatic amines is 1. The van der Waals surface area contributed by atoms with Gasteiger partial charge in [-0.1, -0.05) is 0 Å². The molecular formula is C14H11BrN4OS. The maximum absolute atomic E-state index is 5.36. The highest BCUT2D eigenvalue weighted by Gasteiger charge is 2.14. The van der Waals surface area contributed by atoms with E-state index in [0.29, 0.717) is 10.6 Å². The number of hydrogen-bond acceptors (Lipinski definition) is 4. The summed E-state index contributed by atoms with van der Waals surface area (Å²) in [6, 6.07) is 9.48. The number of H-pyrrole nitrogens is 1. The molecule has 0 spiro atoms. The van der Waals surface area contributed by atoms with E-state index in [0.717, 1.165) is 21.5 Å². The second-order valence-corrected chi connectivity index (χ2v) is 5.49. The van der Waals surface area contributed by atoms with Gasteiger partial charge in [-0.05, 0) is 52.4 Å². The Balaban J connectivity index is 2.25. The molecular weight excluding hydrogens is 352 g/mol. The van der Waals surface area contributed by atoms with E-state index < -0.39 is 0 Å². The molecule has 1 aromatic carbocycles. The molecule has 21 heavy (non-hydrogen) atoms. The Kier molecular flexibility index (Phi) is 3.85. The molecule has 5 nitrogen and oxygen atoms in total. The van der Waals surface area contributed by atoms with Crippen LogP contribution in [0.5, 0.6) is 5.75 Å². The fourth-order valence-electron chi connectivity index (χ4n) is 2.00. The van der Waals surface area contributed by atoms with Crippen molar-refractivity contribution in [2.75, 3.05) is 7.11 Å². The molecule has 0 fully saturated rings. The fourth-order valence-corrected chi connectivity index (χ4v) is 2.65. The lowest BCUT2D eigenvalue weighted by molar-refractivity contribution is 0.414. The Morgan fingerprint density at radius 3 is 2.90 bits per heavy atom. The molecule has 2 heterocycles. The number of halogens is 1. The number of methoxy groups -OCH3 is 1. The molecule has 3 aromatic rings. The number of nitrogens with one attached hydrogen (secondary N) is 1. The van der Waals surface area contributed by atoms with E-state index in [1.165, 1.54) is 0 Å². The summed E-state index contributed by atoms with van der Waals surface area (Å²) in [5.74, 6) is 1.44. The summed E-state index contributed by atoms with van der Waals surface area (Å²) >= 11 is 8.90. The van der Waals surface area contributed by atoms with Crippen molar-refractivity contribution < 1.29 is 4.74 Å². The summed E-state index contributed by atoms with van der Waals surface area (Å²) in [5, 5.41) is 7.13. The zero-order valence-electron chi connectivity index (χ0n) is 11.1. The van der Waals surface area contributed by atoms with Gasteiger partial charge in [0.15, 0.2) is 10.6 Å². The molecule has 0 amide bonds. The molecule has 106 valence electrons. The van der Waals surface area contributed by atoms with Gasteiger partial charge in [0.25, 0.3) is 0 Å². The summed E-state index contributed by atoms with van der Waals surface area (Å²) < 4.78 is 8.53. The maximum Gasteiger partial charge on any atom is 0.200 e. The van der Waals surface area contributed by atoms with Crippen LogP contribution in [0.4, 0.5) is 0 Å². The highest BCUT2D eigenvalue weighted by atomic mass is 79.9. The van der Waals surface area contributed by atoms with E-state index in [4.69, 9.17) is 17.0 Å². The van der Waals surface area contributed by atoms with Gasteiger partial charge in [0.2, 0.25) is 0 Å². The van der Waals surface area contributed by atoms with Crippen molar-refractivity contribution in [2.24, 2.45) is 0 Å². The Morgan fingerprint density at radius 2 is 2.19 bits per heavy atom. The van der Waals surface area contributed by atoms with Crippen molar-refractivity contribution in [1.82, 2.24) is 19.7 Å². The van der Waals surface area contributed by atoms with Gasteiger partial charge in [-0.25, -0.2) is 0 Å². The second kappa shape index (κ2) is 5.79. The Bertz CT molecular complexity index is 828. The van der Waals surface area contributed by atoms with Gasteiger partial charge in [-0.3, -0.25) is 14.6 Å². The smallest absolute Gasteiger partial charge is 0.200 e. The van der Waals surface area contributed by atoms with Gasteiger partial charge in [0, 0.05) is 28.5 Å². The van der Waals surface area contributed by atoms with Crippen molar-refractivity contribution in [1.29, 1.82) is 0 Å². The van der Waals surface area contributed by atoms with E-state index in [1.54, 1.807) is 19.5 Å². The third-order valence-electron chi connectivity index (χ3n) is 2.99. The quantitative estimate of drug-likeness (QED) is 0.720. The molecule has 1 N–H and O–H groups in total. The number of hydrogen-bond donors (Lipinski definition) is 1. The minimum Gasteiger partial charge on any atom is -0.497 e. The molecule has 3 rings (SSSR count). The average molecular weight is 363 g/mol. The number of rotatable bonds is 3. The highest BCUT2D eigenvalue weighted by Crippen LogP contribution is 2.29. The number of nitrogens with zero attached hydrogens (tertiary/aromatic N) is 3. The zero-order valence-corrected chi connectivity index (χ0v) is 13.5. The van der Waals surface area contributed by atoms with Crippen molar-refractivity contribution in [3.8, 4) is 22.8 Å². The standard InChI is InChI=1S/C14H11BrN4OS/c1-20-10-4-5-11(15)12(7-10)19-13(17-18-14(19)21)9-3-2-6-16-8-9/h2-8H,1H3,(H,18,21). The predicted molar refractivity (Wildman–Crippen MR) is 86.2 cm³/mol. The molecule has 0 aliphatic carbocycles. The molecule has 0 bridgehead atoms. The maximum atomic E-state index is 5.36. The first-order chi connectivity index (χ1) is 10.2. The van der Waals surface area contributed by atoms with Crippen molar-refractivity contribution >= 4 is 28.1 Å². The number of ether oxygens (including phenoxy) is 1. The lowest BCUT2D eigenvalue weighted by atomic mass is 10.2. The third kappa shape index (κ3) is 2.62. The average Bonchev–Trinajstić information content (AvgIpc) is 2.90. The summed E-state index contributed by atoms with van der Waals surface area (Å²) in [7, 11) is 1.63. The van der Waals surface area contributed by atoms with Crippen LogP contribution in [0, 0.1) is 4.77 Å². The van der Waals surface area contributed by atoms with Crippen LogP contribution in [0.2, 0.25) is 0 Å². The zero-order chi connectivity index (χ0) is 14.8. The molecule has 0 aliphatic heterocycles. The SMILES string of the molecule is COc1ccc(Br)c(-n2c(-c3cccnc3)n[nH]c2=S)c1. The molecule has 0 saturated carbocycles. The highest BCUT2D eigenvalue weighted by molar-refractivity contribution is 9.10. The van der Waals surface area contributed by atoms with Crippen molar-refractivity contribution in [3.05, 3.63) is 52.0 Å². The lowest BCUT2D eigenvalue weighted by Gasteiger charge is -2.10. The van der Waals surface area contributed by atoms with Crippen LogP contribution in [-0.2, 0) is 0 Å². The van der Waals surface area contributed by atoms with Gasteiger partial charge in [-0.15, -0.1) is 0 Å². The Labute approximate surface area is 134 Å². The number of benzene rings is 1. The first kappa shape index (κ1) is 14.0. The summed E-state index contributed by atoms with van der Waals surface area (Å²) in [6.07, 6.45) is 3.46. The largest absolute Gasteiger partial charge is 0.497 e. The minimum absolute atomic E-state index is 0.503. The number of pyridine rings is 1. The van der Waals surface area contributed by atoms with Gasteiger partial charge in [-0.2, -0.15) is 5.10 Å². The molecule has 0 unspecified atom stereocenters. The second-order valence-electron chi connectivity index (χ2n) is 4.25. The van der Waals surface area contributed by atoms with E-state index in [-0.39, 0.29) is 0 Å². The molecule has 0 radical (unpaired) electrons. The van der Waals surface area contributed by atoms with Crippen LogP contribution in [0.15, 0.2) is 47.2 Å². The lowest BCUT2D eigenvalue weighted by Crippen LogP contribution is -2.00. The van der Waals surface area contributed by atoms with E-state index in [2.05, 4.69) is 31.1 Å².